The summed E-state index contributed by atoms with van der Waals surface area (Å²) in [4.78, 5) is 24.6. The van der Waals surface area contributed by atoms with E-state index in [1.54, 1.807) is 12.1 Å². The first-order valence-corrected chi connectivity index (χ1v) is 6.44. The molecule has 1 aliphatic heterocycles. The normalized spacial score (nSPS) is 15.0. The van der Waals surface area contributed by atoms with E-state index in [4.69, 9.17) is 4.74 Å². The molecule has 1 amide bonds. The molecule has 114 valence electrons. The average Bonchev–Trinajstić information content (AvgIpc) is 2.56. The van der Waals surface area contributed by atoms with Crippen molar-refractivity contribution in [2.45, 2.75) is 0 Å². The molecule has 1 saturated heterocycles. The molecule has 2 aromatic heterocycles. The zero-order valence-electron chi connectivity index (χ0n) is 11.3. The molecular weight excluding hydrogens is 296 g/mol. The number of halogens is 2. The average molecular weight is 307 g/mol. The second-order valence-corrected chi connectivity index (χ2v) is 4.46. The number of ether oxygens (including phenoxy) is 1. The van der Waals surface area contributed by atoms with Gasteiger partial charge in [-0.05, 0) is 12.1 Å². The van der Waals surface area contributed by atoms with Crippen LogP contribution in [0.4, 0.5) is 20.6 Å². The Hall–Kier alpha value is -2.68. The molecule has 2 aromatic rings. The second-order valence-electron chi connectivity index (χ2n) is 4.46. The summed E-state index contributed by atoms with van der Waals surface area (Å²) in [5, 5.41) is 0. The van der Waals surface area contributed by atoms with Gasteiger partial charge in [0.15, 0.2) is 5.82 Å². The monoisotopic (exact) mass is 307 g/mol. The van der Waals surface area contributed by atoms with Gasteiger partial charge in [-0.15, -0.1) is 4.48 Å². The van der Waals surface area contributed by atoms with Crippen LogP contribution in [0.2, 0.25) is 0 Å². The minimum Gasteiger partial charge on any atom is -0.370 e. The van der Waals surface area contributed by atoms with Crippen molar-refractivity contribution in [2.24, 2.45) is 0 Å². The van der Waals surface area contributed by atoms with Crippen LogP contribution in [0.15, 0.2) is 24.4 Å². The number of rotatable bonds is 3. The van der Waals surface area contributed by atoms with Gasteiger partial charge in [-0.1, -0.05) is 6.07 Å². The summed E-state index contributed by atoms with van der Waals surface area (Å²) in [6, 6.07) is 4.76. The zero-order chi connectivity index (χ0) is 15.5. The van der Waals surface area contributed by atoms with Gasteiger partial charge < -0.3 is 4.74 Å². The molecule has 0 radical (unpaired) electrons. The first kappa shape index (κ1) is 14.3. The van der Waals surface area contributed by atoms with Crippen LogP contribution < -0.4 is 10.4 Å². The maximum atomic E-state index is 13.8. The molecule has 0 saturated carbocycles. The predicted molar refractivity (Wildman–Crippen MR) is 73.1 cm³/mol. The fourth-order valence-electron chi connectivity index (χ4n) is 2.06. The fourth-order valence-corrected chi connectivity index (χ4v) is 2.06. The van der Waals surface area contributed by atoms with Gasteiger partial charge in [0, 0.05) is 0 Å². The van der Waals surface area contributed by atoms with Crippen LogP contribution in [0.5, 0.6) is 0 Å². The Kier molecular flexibility index (Phi) is 3.88. The van der Waals surface area contributed by atoms with E-state index in [0.717, 1.165) is 6.20 Å². The lowest BCUT2D eigenvalue weighted by Crippen LogP contribution is -2.42. The Morgan fingerprint density at radius 2 is 2.18 bits per heavy atom. The number of amides is 1. The highest BCUT2D eigenvalue weighted by molar-refractivity contribution is 5.94. The Labute approximate surface area is 123 Å². The molecule has 7 nitrogen and oxygen atoms in total. The second kappa shape index (κ2) is 5.98. The van der Waals surface area contributed by atoms with Crippen LogP contribution in [0.25, 0.3) is 11.4 Å². The smallest absolute Gasteiger partial charge is 0.254 e. The van der Waals surface area contributed by atoms with E-state index in [1.807, 2.05) is 0 Å². The maximum absolute atomic E-state index is 13.8. The van der Waals surface area contributed by atoms with E-state index < -0.39 is 5.82 Å². The molecule has 9 heteroatoms. The molecule has 3 rings (SSSR count). The Morgan fingerprint density at radius 1 is 1.32 bits per heavy atom. The lowest BCUT2D eigenvalue weighted by Gasteiger charge is -2.26. The predicted octanol–water partition coefficient (Wildman–Crippen LogP) is 1.34. The van der Waals surface area contributed by atoms with Gasteiger partial charge in [-0.25, -0.2) is 19.3 Å². The molecule has 0 atom stereocenters. The quantitative estimate of drug-likeness (QED) is 0.862. The highest BCUT2D eigenvalue weighted by Crippen LogP contribution is 2.23. The number of carbonyl (C=O) groups excluding carboxylic acids is 1. The van der Waals surface area contributed by atoms with Gasteiger partial charge in [0.25, 0.3) is 11.9 Å². The molecule has 0 unspecified atom stereocenters. The van der Waals surface area contributed by atoms with Crippen molar-refractivity contribution in [3.05, 3.63) is 30.2 Å². The van der Waals surface area contributed by atoms with Crippen molar-refractivity contribution in [1.29, 1.82) is 0 Å². The summed E-state index contributed by atoms with van der Waals surface area (Å²) < 4.78 is 31.3. The van der Waals surface area contributed by atoms with Crippen molar-refractivity contribution >= 4 is 17.7 Å². The van der Waals surface area contributed by atoms with Gasteiger partial charge in [0.1, 0.15) is 18.1 Å². The number of pyridine rings is 1. The Morgan fingerprint density at radius 3 is 2.95 bits per heavy atom. The minimum absolute atomic E-state index is 0.0241. The summed E-state index contributed by atoms with van der Waals surface area (Å²) >= 11 is 0. The molecule has 0 aromatic carbocycles. The van der Waals surface area contributed by atoms with Crippen molar-refractivity contribution < 1.29 is 18.4 Å². The van der Waals surface area contributed by atoms with Gasteiger partial charge in [0.2, 0.25) is 0 Å². The Bertz CT molecular complexity index is 713. The summed E-state index contributed by atoms with van der Waals surface area (Å²) in [6.07, 6.45) is 0.846. The standard InChI is InChI=1S/C13H11F2N5O2/c14-8-6-16-13(19-15)18-12(8)9-2-1-3-10(17-9)20-4-5-22-7-11(20)21/h1-3,6H,4-5,7H2,(H,16,18,19). The summed E-state index contributed by atoms with van der Waals surface area (Å²) in [5.74, 6) is -0.980. The molecule has 1 aliphatic rings. The first-order chi connectivity index (χ1) is 10.7. The van der Waals surface area contributed by atoms with E-state index in [1.165, 1.54) is 16.5 Å². The topological polar surface area (TPSA) is 80.2 Å². The molecule has 0 aliphatic carbocycles. The summed E-state index contributed by atoms with van der Waals surface area (Å²) in [5.41, 5.74) is 1.27. The van der Waals surface area contributed by atoms with Gasteiger partial charge in [-0.2, -0.15) is 5.54 Å². The third kappa shape index (κ3) is 2.70. The molecule has 3 heterocycles. The van der Waals surface area contributed by atoms with Crippen molar-refractivity contribution in [1.82, 2.24) is 15.0 Å². The van der Waals surface area contributed by atoms with E-state index in [-0.39, 0.29) is 29.9 Å². The van der Waals surface area contributed by atoms with Gasteiger partial charge >= 0.3 is 0 Å². The number of nitrogens with zero attached hydrogens (tertiary/aromatic N) is 4. The number of nitrogens with one attached hydrogen (secondary N) is 1. The summed E-state index contributed by atoms with van der Waals surface area (Å²) in [6.45, 7) is 0.734. The van der Waals surface area contributed by atoms with Crippen LogP contribution in [0.3, 0.4) is 0 Å². The van der Waals surface area contributed by atoms with Gasteiger partial charge in [-0.3, -0.25) is 9.69 Å². The third-order valence-electron chi connectivity index (χ3n) is 3.07. The SMILES string of the molecule is O=C1COCCN1c1cccc(-c2nc(NF)ncc2F)n1. The van der Waals surface area contributed by atoms with E-state index in [2.05, 4.69) is 15.0 Å². The van der Waals surface area contributed by atoms with Crippen LogP contribution in [-0.4, -0.2) is 40.6 Å². The molecular formula is C13H11F2N5O2. The zero-order valence-corrected chi connectivity index (χ0v) is 11.3. The molecule has 0 bridgehead atoms. The van der Waals surface area contributed by atoms with Crippen molar-refractivity contribution in [2.75, 3.05) is 30.2 Å². The number of morpholine rings is 1. The first-order valence-electron chi connectivity index (χ1n) is 6.44. The largest absolute Gasteiger partial charge is 0.370 e. The van der Waals surface area contributed by atoms with Gasteiger partial charge in [0.05, 0.1) is 25.0 Å². The van der Waals surface area contributed by atoms with E-state index in [9.17, 15) is 13.7 Å². The lowest BCUT2D eigenvalue weighted by molar-refractivity contribution is -0.125. The highest BCUT2D eigenvalue weighted by Gasteiger charge is 2.22. The van der Waals surface area contributed by atoms with Crippen molar-refractivity contribution in [3.8, 4) is 11.4 Å². The molecule has 22 heavy (non-hydrogen) atoms. The number of anilines is 2. The van der Waals surface area contributed by atoms with Crippen LogP contribution >= 0.6 is 0 Å². The van der Waals surface area contributed by atoms with Crippen molar-refractivity contribution in [3.63, 3.8) is 0 Å². The van der Waals surface area contributed by atoms with E-state index >= 15 is 0 Å². The summed E-state index contributed by atoms with van der Waals surface area (Å²) in [7, 11) is 0. The fraction of sp³-hybridized carbons (Fsp3) is 0.231. The van der Waals surface area contributed by atoms with E-state index in [0.29, 0.717) is 19.0 Å². The Balaban J connectivity index is 1.99. The number of hydrogen-bond donors (Lipinski definition) is 1. The van der Waals surface area contributed by atoms with Crippen LogP contribution in [-0.2, 0) is 9.53 Å². The number of carbonyl (C=O) groups is 1. The van der Waals surface area contributed by atoms with Crippen LogP contribution in [0, 0.1) is 5.82 Å². The maximum Gasteiger partial charge on any atom is 0.254 e. The molecule has 1 N–H and O–H groups in total. The third-order valence-corrected chi connectivity index (χ3v) is 3.07. The van der Waals surface area contributed by atoms with Crippen LogP contribution in [0.1, 0.15) is 0 Å². The number of hydrogen-bond acceptors (Lipinski definition) is 6. The highest BCUT2D eigenvalue weighted by atomic mass is 19.2. The lowest BCUT2D eigenvalue weighted by atomic mass is 10.2. The number of aromatic nitrogens is 3. The minimum atomic E-state index is -0.739. The molecule has 1 fully saturated rings. The molecule has 0 spiro atoms.